The second kappa shape index (κ2) is 13.8. The Labute approximate surface area is 109 Å². The molecule has 0 amide bonds. The van der Waals surface area contributed by atoms with Crippen molar-refractivity contribution in [1.29, 1.82) is 0 Å². The average molecular weight is 240 g/mol. The molecule has 0 aromatic carbocycles. The van der Waals surface area contributed by atoms with E-state index in [4.69, 9.17) is 4.74 Å². The highest BCUT2D eigenvalue weighted by Gasteiger charge is 1.91. The van der Waals surface area contributed by atoms with Gasteiger partial charge in [0, 0.05) is 0 Å². The molecule has 1 heteroatoms. The van der Waals surface area contributed by atoms with Crippen molar-refractivity contribution in [3.8, 4) is 0 Å². The Morgan fingerprint density at radius 2 is 1.41 bits per heavy atom. The van der Waals surface area contributed by atoms with Crippen molar-refractivity contribution in [2.75, 3.05) is 6.61 Å². The second-order valence-electron chi connectivity index (χ2n) is 5.12. The molecule has 0 saturated heterocycles. The molecule has 1 nitrogen and oxygen atoms in total. The first-order valence-corrected chi connectivity index (χ1v) is 7.54. The predicted octanol–water partition coefficient (Wildman–Crippen LogP) is 5.50. The number of hydrogen-bond donors (Lipinski definition) is 0. The fraction of sp³-hybridized carbons (Fsp3) is 0.875. The zero-order valence-corrected chi connectivity index (χ0v) is 12.2. The maximum atomic E-state index is 5.44. The van der Waals surface area contributed by atoms with Gasteiger partial charge in [0.2, 0.25) is 0 Å². The van der Waals surface area contributed by atoms with Gasteiger partial charge in [-0.15, -0.1) is 0 Å². The number of allylic oxidation sites excluding steroid dienone is 1. The minimum Gasteiger partial charge on any atom is -0.375 e. The van der Waals surface area contributed by atoms with Gasteiger partial charge in [0.25, 0.3) is 0 Å². The Bertz CT molecular complexity index is 161. The van der Waals surface area contributed by atoms with Crippen molar-refractivity contribution in [2.24, 2.45) is 0 Å². The lowest BCUT2D eigenvalue weighted by Crippen LogP contribution is -2.01. The summed E-state index contributed by atoms with van der Waals surface area (Å²) < 4.78 is 5.44. The Hall–Kier alpha value is -0.300. The molecular weight excluding hydrogens is 208 g/mol. The highest BCUT2D eigenvalue weighted by molar-refractivity contribution is 4.81. The summed E-state index contributed by atoms with van der Waals surface area (Å²) in [4.78, 5) is 0. The van der Waals surface area contributed by atoms with Crippen LogP contribution in [0, 0.1) is 0 Å². The van der Waals surface area contributed by atoms with Gasteiger partial charge in [0.1, 0.15) is 0 Å². The Kier molecular flexibility index (Phi) is 13.5. The molecule has 0 heterocycles. The summed E-state index contributed by atoms with van der Waals surface area (Å²) >= 11 is 0. The van der Waals surface area contributed by atoms with E-state index in [9.17, 15) is 0 Å². The molecule has 0 aliphatic rings. The number of ether oxygens (including phenoxy) is 1. The minimum absolute atomic E-state index is 0.350. The van der Waals surface area contributed by atoms with Crippen molar-refractivity contribution in [3.05, 3.63) is 12.2 Å². The maximum Gasteiger partial charge on any atom is 0.0650 e. The van der Waals surface area contributed by atoms with E-state index >= 15 is 0 Å². The third kappa shape index (κ3) is 15.7. The van der Waals surface area contributed by atoms with Crippen LogP contribution in [0.1, 0.15) is 78.6 Å². The molecule has 0 aliphatic carbocycles. The molecule has 0 bridgehead atoms. The molecule has 102 valence electrons. The van der Waals surface area contributed by atoms with Gasteiger partial charge in [-0.25, -0.2) is 0 Å². The van der Waals surface area contributed by atoms with Gasteiger partial charge in [0.15, 0.2) is 0 Å². The first-order chi connectivity index (χ1) is 8.27. The third-order valence-corrected chi connectivity index (χ3v) is 2.92. The van der Waals surface area contributed by atoms with Crippen LogP contribution >= 0.6 is 0 Å². The monoisotopic (exact) mass is 240 g/mol. The molecule has 0 aromatic rings. The SMILES string of the molecule is CCCCCCCCCC/C=C/COC(C)C. The first kappa shape index (κ1) is 16.7. The fourth-order valence-electron chi connectivity index (χ4n) is 1.83. The van der Waals surface area contributed by atoms with Crippen LogP contribution in [0.2, 0.25) is 0 Å². The summed E-state index contributed by atoms with van der Waals surface area (Å²) in [6, 6.07) is 0. The van der Waals surface area contributed by atoms with Gasteiger partial charge in [-0.05, 0) is 26.7 Å². The lowest BCUT2D eigenvalue weighted by Gasteiger charge is -2.03. The zero-order valence-electron chi connectivity index (χ0n) is 12.2. The number of rotatable bonds is 12. The van der Waals surface area contributed by atoms with Crippen molar-refractivity contribution >= 4 is 0 Å². The zero-order chi connectivity index (χ0) is 12.8. The molecule has 0 fully saturated rings. The smallest absolute Gasteiger partial charge is 0.0650 e. The van der Waals surface area contributed by atoms with Gasteiger partial charge in [-0.2, -0.15) is 0 Å². The molecular formula is C16H32O. The van der Waals surface area contributed by atoms with E-state index < -0.39 is 0 Å². The number of hydrogen-bond acceptors (Lipinski definition) is 1. The Morgan fingerprint density at radius 1 is 0.824 bits per heavy atom. The molecule has 0 unspecified atom stereocenters. The normalized spacial score (nSPS) is 11.8. The number of unbranched alkanes of at least 4 members (excludes halogenated alkanes) is 8. The first-order valence-electron chi connectivity index (χ1n) is 7.54. The van der Waals surface area contributed by atoms with Gasteiger partial charge in [0.05, 0.1) is 12.7 Å². The van der Waals surface area contributed by atoms with Crippen LogP contribution in [-0.2, 0) is 4.74 Å². The molecule has 0 aliphatic heterocycles. The van der Waals surface area contributed by atoms with Crippen molar-refractivity contribution in [2.45, 2.75) is 84.7 Å². The summed E-state index contributed by atoms with van der Waals surface area (Å²) in [5.41, 5.74) is 0. The van der Waals surface area contributed by atoms with E-state index in [0.29, 0.717) is 6.10 Å². The summed E-state index contributed by atoms with van der Waals surface area (Å²) in [7, 11) is 0. The average Bonchev–Trinajstić information content (AvgIpc) is 2.30. The Balaban J connectivity index is 3.02. The van der Waals surface area contributed by atoms with Gasteiger partial charge < -0.3 is 4.74 Å². The van der Waals surface area contributed by atoms with Crippen molar-refractivity contribution in [3.63, 3.8) is 0 Å². The molecule has 17 heavy (non-hydrogen) atoms. The van der Waals surface area contributed by atoms with Crippen LogP contribution in [0.15, 0.2) is 12.2 Å². The second-order valence-corrected chi connectivity index (χ2v) is 5.12. The van der Waals surface area contributed by atoms with Crippen LogP contribution < -0.4 is 0 Å². The summed E-state index contributed by atoms with van der Waals surface area (Å²) in [6.45, 7) is 7.20. The molecule has 0 saturated carbocycles. The largest absolute Gasteiger partial charge is 0.375 e. The van der Waals surface area contributed by atoms with Gasteiger partial charge in [-0.3, -0.25) is 0 Å². The van der Waals surface area contributed by atoms with E-state index in [1.165, 1.54) is 57.8 Å². The van der Waals surface area contributed by atoms with Crippen LogP contribution in [0.5, 0.6) is 0 Å². The lowest BCUT2D eigenvalue weighted by molar-refractivity contribution is 0.102. The van der Waals surface area contributed by atoms with E-state index in [2.05, 4.69) is 32.9 Å². The summed E-state index contributed by atoms with van der Waals surface area (Å²) in [5.74, 6) is 0. The topological polar surface area (TPSA) is 9.23 Å². The van der Waals surface area contributed by atoms with Crippen LogP contribution in [0.4, 0.5) is 0 Å². The highest BCUT2D eigenvalue weighted by Crippen LogP contribution is 2.09. The maximum absolute atomic E-state index is 5.44. The molecule has 0 atom stereocenters. The van der Waals surface area contributed by atoms with Crippen molar-refractivity contribution in [1.82, 2.24) is 0 Å². The molecule has 0 N–H and O–H groups in total. The molecule has 0 radical (unpaired) electrons. The highest BCUT2D eigenvalue weighted by atomic mass is 16.5. The molecule has 0 spiro atoms. The van der Waals surface area contributed by atoms with E-state index in [0.717, 1.165) is 6.61 Å². The fourth-order valence-corrected chi connectivity index (χ4v) is 1.83. The lowest BCUT2D eigenvalue weighted by atomic mass is 10.1. The van der Waals surface area contributed by atoms with Crippen molar-refractivity contribution < 1.29 is 4.74 Å². The van der Waals surface area contributed by atoms with Crippen LogP contribution in [-0.4, -0.2) is 12.7 Å². The summed E-state index contributed by atoms with van der Waals surface area (Å²) in [6.07, 6.45) is 17.2. The summed E-state index contributed by atoms with van der Waals surface area (Å²) in [5, 5.41) is 0. The minimum atomic E-state index is 0.350. The van der Waals surface area contributed by atoms with Crippen LogP contribution in [0.25, 0.3) is 0 Å². The predicted molar refractivity (Wildman–Crippen MR) is 77.5 cm³/mol. The van der Waals surface area contributed by atoms with Gasteiger partial charge in [-0.1, -0.05) is 64.0 Å². The Morgan fingerprint density at radius 3 is 2.00 bits per heavy atom. The quantitative estimate of drug-likeness (QED) is 0.323. The van der Waals surface area contributed by atoms with Crippen LogP contribution in [0.3, 0.4) is 0 Å². The molecule has 0 rings (SSSR count). The van der Waals surface area contributed by atoms with E-state index in [-0.39, 0.29) is 0 Å². The van der Waals surface area contributed by atoms with E-state index in [1.54, 1.807) is 0 Å². The van der Waals surface area contributed by atoms with Gasteiger partial charge >= 0.3 is 0 Å². The third-order valence-electron chi connectivity index (χ3n) is 2.92. The standard InChI is InChI=1S/C16H32O/c1-4-5-6-7-8-9-10-11-12-13-14-15-17-16(2)3/h13-14,16H,4-12,15H2,1-3H3/b14-13+. The molecule has 0 aromatic heterocycles. The van der Waals surface area contributed by atoms with E-state index in [1.807, 2.05) is 0 Å².